The maximum absolute atomic E-state index is 10.7. The van der Waals surface area contributed by atoms with Crippen molar-refractivity contribution in [2.45, 2.75) is 33.1 Å². The molecule has 0 saturated carbocycles. The molecule has 0 aliphatic rings. The van der Waals surface area contributed by atoms with Crippen LogP contribution in [0, 0.1) is 5.92 Å². The van der Waals surface area contributed by atoms with Crippen molar-refractivity contribution < 1.29 is 8.42 Å². The van der Waals surface area contributed by atoms with E-state index in [0.29, 0.717) is 12.5 Å². The third-order valence-electron chi connectivity index (χ3n) is 1.78. The van der Waals surface area contributed by atoms with Crippen LogP contribution in [-0.4, -0.2) is 21.2 Å². The number of hydrogen-bond acceptors (Lipinski definition) is 2. The Kier molecular flexibility index (Phi) is 5.50. The molecule has 0 bridgehead atoms. The largest absolute Gasteiger partial charge is 0.215 e. The summed E-state index contributed by atoms with van der Waals surface area (Å²) in [5.41, 5.74) is 0. The van der Waals surface area contributed by atoms with Gasteiger partial charge in [-0.15, -0.1) is 0 Å². The average molecular weight is 193 g/mol. The van der Waals surface area contributed by atoms with Crippen molar-refractivity contribution in [1.29, 1.82) is 0 Å². The highest BCUT2D eigenvalue weighted by atomic mass is 32.2. The van der Waals surface area contributed by atoms with Crippen molar-refractivity contribution in [2.24, 2.45) is 5.92 Å². The maximum Gasteiger partial charge on any atom is 0.208 e. The summed E-state index contributed by atoms with van der Waals surface area (Å²) in [5.74, 6) is 0.615. The molecule has 4 heteroatoms. The summed E-state index contributed by atoms with van der Waals surface area (Å²) in [6, 6.07) is 0. The quantitative estimate of drug-likeness (QED) is 0.692. The van der Waals surface area contributed by atoms with Crippen molar-refractivity contribution in [3.05, 3.63) is 0 Å². The van der Waals surface area contributed by atoms with Crippen LogP contribution in [0.25, 0.3) is 0 Å². The Bertz CT molecular complexity index is 199. The van der Waals surface area contributed by atoms with E-state index < -0.39 is 10.0 Å². The van der Waals surface area contributed by atoms with Gasteiger partial charge >= 0.3 is 0 Å². The predicted octanol–water partition coefficient (Wildman–Crippen LogP) is 1.36. The molecule has 1 unspecified atom stereocenters. The monoisotopic (exact) mass is 193 g/mol. The maximum atomic E-state index is 10.7. The number of rotatable bonds is 6. The second-order valence-electron chi connectivity index (χ2n) is 3.35. The molecule has 0 fully saturated rings. The van der Waals surface area contributed by atoms with Crippen LogP contribution in [0.2, 0.25) is 0 Å². The van der Waals surface area contributed by atoms with Gasteiger partial charge in [0.05, 0.1) is 6.26 Å². The molecule has 0 saturated heterocycles. The van der Waals surface area contributed by atoms with Crippen molar-refractivity contribution in [1.82, 2.24) is 4.72 Å². The van der Waals surface area contributed by atoms with E-state index in [0.717, 1.165) is 6.42 Å². The summed E-state index contributed by atoms with van der Waals surface area (Å²) < 4.78 is 23.8. The first-order valence-corrected chi connectivity index (χ1v) is 6.29. The van der Waals surface area contributed by atoms with Crippen LogP contribution in [0.4, 0.5) is 0 Å². The molecule has 0 rings (SSSR count). The van der Waals surface area contributed by atoms with Gasteiger partial charge in [-0.25, -0.2) is 13.1 Å². The fraction of sp³-hybridized carbons (Fsp3) is 1.00. The van der Waals surface area contributed by atoms with Gasteiger partial charge in [-0.3, -0.25) is 0 Å². The lowest BCUT2D eigenvalue weighted by molar-refractivity contribution is 0.482. The molecule has 74 valence electrons. The average Bonchev–Trinajstić information content (AvgIpc) is 1.84. The van der Waals surface area contributed by atoms with E-state index in [-0.39, 0.29) is 0 Å². The number of nitrogens with one attached hydrogen (secondary N) is 1. The van der Waals surface area contributed by atoms with Gasteiger partial charge in [0.1, 0.15) is 0 Å². The van der Waals surface area contributed by atoms with Gasteiger partial charge in [0.25, 0.3) is 0 Å². The zero-order valence-corrected chi connectivity index (χ0v) is 8.95. The van der Waals surface area contributed by atoms with Crippen LogP contribution in [-0.2, 0) is 10.0 Å². The molecule has 1 atom stereocenters. The van der Waals surface area contributed by atoms with Crippen LogP contribution in [0.15, 0.2) is 0 Å². The fourth-order valence-electron chi connectivity index (χ4n) is 1.13. The van der Waals surface area contributed by atoms with Gasteiger partial charge in [0.15, 0.2) is 0 Å². The topological polar surface area (TPSA) is 46.2 Å². The molecule has 0 aliphatic carbocycles. The smallest absolute Gasteiger partial charge is 0.208 e. The lowest BCUT2D eigenvalue weighted by Crippen LogP contribution is -2.24. The lowest BCUT2D eigenvalue weighted by atomic mass is 10.0. The van der Waals surface area contributed by atoms with E-state index in [9.17, 15) is 8.42 Å². The second kappa shape index (κ2) is 5.54. The standard InChI is InChI=1S/C8H19NO2S/c1-4-5-8(2)6-7-9-12(3,10)11/h8-9H,4-7H2,1-3H3. The molecule has 12 heavy (non-hydrogen) atoms. The highest BCUT2D eigenvalue weighted by molar-refractivity contribution is 7.88. The van der Waals surface area contributed by atoms with E-state index in [1.54, 1.807) is 0 Å². The van der Waals surface area contributed by atoms with Crippen LogP contribution in [0.1, 0.15) is 33.1 Å². The van der Waals surface area contributed by atoms with Crippen LogP contribution < -0.4 is 4.72 Å². The summed E-state index contributed by atoms with van der Waals surface area (Å²) in [7, 11) is -2.98. The summed E-state index contributed by atoms with van der Waals surface area (Å²) in [6.07, 6.45) is 4.46. The predicted molar refractivity (Wildman–Crippen MR) is 51.5 cm³/mol. The second-order valence-corrected chi connectivity index (χ2v) is 5.18. The van der Waals surface area contributed by atoms with Gasteiger partial charge in [-0.1, -0.05) is 26.7 Å². The molecule has 0 aromatic rings. The lowest BCUT2D eigenvalue weighted by Gasteiger charge is -2.09. The summed E-state index contributed by atoms with van der Waals surface area (Å²) >= 11 is 0. The third-order valence-corrected chi connectivity index (χ3v) is 2.51. The zero-order chi connectivity index (χ0) is 9.61. The van der Waals surface area contributed by atoms with Gasteiger partial charge in [-0.2, -0.15) is 0 Å². The minimum atomic E-state index is -2.98. The summed E-state index contributed by atoms with van der Waals surface area (Å²) in [4.78, 5) is 0. The first-order chi connectivity index (χ1) is 5.45. The highest BCUT2D eigenvalue weighted by Gasteiger charge is 2.03. The third kappa shape index (κ3) is 8.01. The molecule has 0 spiro atoms. The van der Waals surface area contributed by atoms with Crippen LogP contribution in [0.3, 0.4) is 0 Å². The SMILES string of the molecule is CCCC(C)CCNS(C)(=O)=O. The number of hydrogen-bond donors (Lipinski definition) is 1. The minimum Gasteiger partial charge on any atom is -0.215 e. The van der Waals surface area contributed by atoms with Gasteiger partial charge < -0.3 is 0 Å². The van der Waals surface area contributed by atoms with Crippen LogP contribution >= 0.6 is 0 Å². The fourth-order valence-corrected chi connectivity index (χ4v) is 1.62. The normalized spacial score (nSPS) is 14.6. The van der Waals surface area contributed by atoms with Gasteiger partial charge in [0.2, 0.25) is 10.0 Å². The Morgan fingerprint density at radius 3 is 2.33 bits per heavy atom. The van der Waals surface area contributed by atoms with Crippen molar-refractivity contribution >= 4 is 10.0 Å². The molecule has 1 N–H and O–H groups in total. The van der Waals surface area contributed by atoms with E-state index in [1.807, 2.05) is 0 Å². The molecule has 0 aromatic heterocycles. The molecule has 0 heterocycles. The minimum absolute atomic E-state index is 0.569. The van der Waals surface area contributed by atoms with Gasteiger partial charge in [0, 0.05) is 6.54 Å². The molecule has 0 radical (unpaired) electrons. The van der Waals surface area contributed by atoms with Crippen molar-refractivity contribution in [2.75, 3.05) is 12.8 Å². The van der Waals surface area contributed by atoms with E-state index >= 15 is 0 Å². The number of sulfonamides is 1. The van der Waals surface area contributed by atoms with E-state index in [2.05, 4.69) is 18.6 Å². The van der Waals surface area contributed by atoms with Crippen molar-refractivity contribution in [3.8, 4) is 0 Å². The van der Waals surface area contributed by atoms with Crippen LogP contribution in [0.5, 0.6) is 0 Å². The molecule has 0 amide bonds. The molecular weight excluding hydrogens is 174 g/mol. The Morgan fingerprint density at radius 1 is 1.33 bits per heavy atom. The molecule has 3 nitrogen and oxygen atoms in total. The van der Waals surface area contributed by atoms with Gasteiger partial charge in [-0.05, 0) is 12.3 Å². The summed E-state index contributed by atoms with van der Waals surface area (Å²) in [6.45, 7) is 4.86. The summed E-state index contributed by atoms with van der Waals surface area (Å²) in [5, 5.41) is 0. The zero-order valence-electron chi connectivity index (χ0n) is 8.13. The Balaban J connectivity index is 3.44. The molecule has 0 aliphatic heterocycles. The molecular formula is C8H19NO2S. The Hall–Kier alpha value is -0.0900. The Labute approximate surface area is 75.6 Å². The highest BCUT2D eigenvalue weighted by Crippen LogP contribution is 2.08. The first kappa shape index (κ1) is 11.9. The molecule has 0 aromatic carbocycles. The van der Waals surface area contributed by atoms with Crippen molar-refractivity contribution in [3.63, 3.8) is 0 Å². The Morgan fingerprint density at radius 2 is 1.92 bits per heavy atom. The first-order valence-electron chi connectivity index (χ1n) is 4.40. The van der Waals surface area contributed by atoms with E-state index in [4.69, 9.17) is 0 Å². The van der Waals surface area contributed by atoms with E-state index in [1.165, 1.54) is 19.1 Å².